The van der Waals surface area contributed by atoms with E-state index in [1.807, 2.05) is 18.2 Å². The Bertz CT molecular complexity index is 594. The van der Waals surface area contributed by atoms with Gasteiger partial charge in [0.1, 0.15) is 0 Å². The standard InChI is InChI=1S/C16H17ClN2O/c1-20-16-7-4-12(9-19-16)11-2-3-13(15(17)8-11)10-18-14-5-6-14/h2-4,7-9,14,18H,5-6,10H2,1H3. The van der Waals surface area contributed by atoms with Crippen LogP contribution in [0.4, 0.5) is 0 Å². The molecule has 0 saturated heterocycles. The molecule has 1 saturated carbocycles. The van der Waals surface area contributed by atoms with E-state index in [-0.39, 0.29) is 0 Å². The number of rotatable bonds is 5. The van der Waals surface area contributed by atoms with E-state index in [0.29, 0.717) is 11.9 Å². The average molecular weight is 289 g/mol. The average Bonchev–Trinajstić information content (AvgIpc) is 3.30. The molecule has 3 rings (SSSR count). The van der Waals surface area contributed by atoms with Gasteiger partial charge in [0, 0.05) is 35.4 Å². The molecule has 1 aromatic carbocycles. The molecule has 1 heterocycles. The number of nitrogens with one attached hydrogen (secondary N) is 1. The monoisotopic (exact) mass is 288 g/mol. The summed E-state index contributed by atoms with van der Waals surface area (Å²) in [5.41, 5.74) is 3.25. The normalized spacial score (nSPS) is 14.3. The Balaban J connectivity index is 1.77. The van der Waals surface area contributed by atoms with Crippen molar-refractivity contribution in [3.63, 3.8) is 0 Å². The van der Waals surface area contributed by atoms with Crippen molar-refractivity contribution in [1.82, 2.24) is 10.3 Å². The molecule has 104 valence electrons. The lowest BCUT2D eigenvalue weighted by Gasteiger charge is -2.08. The van der Waals surface area contributed by atoms with Crippen LogP contribution in [0.1, 0.15) is 18.4 Å². The zero-order chi connectivity index (χ0) is 13.9. The van der Waals surface area contributed by atoms with Gasteiger partial charge in [-0.15, -0.1) is 0 Å². The lowest BCUT2D eigenvalue weighted by atomic mass is 10.1. The van der Waals surface area contributed by atoms with Crippen LogP contribution in [0.15, 0.2) is 36.5 Å². The summed E-state index contributed by atoms with van der Waals surface area (Å²) in [7, 11) is 1.61. The SMILES string of the molecule is COc1ccc(-c2ccc(CNC3CC3)c(Cl)c2)cn1. The highest BCUT2D eigenvalue weighted by atomic mass is 35.5. The Morgan fingerprint density at radius 1 is 1.25 bits per heavy atom. The molecule has 0 radical (unpaired) electrons. The molecule has 3 nitrogen and oxygen atoms in total. The highest BCUT2D eigenvalue weighted by molar-refractivity contribution is 6.31. The van der Waals surface area contributed by atoms with Crippen molar-refractivity contribution in [3.8, 4) is 17.0 Å². The largest absolute Gasteiger partial charge is 0.481 e. The van der Waals surface area contributed by atoms with Gasteiger partial charge in [0.2, 0.25) is 5.88 Å². The smallest absolute Gasteiger partial charge is 0.212 e. The minimum absolute atomic E-state index is 0.616. The molecule has 20 heavy (non-hydrogen) atoms. The summed E-state index contributed by atoms with van der Waals surface area (Å²) in [5.74, 6) is 0.616. The van der Waals surface area contributed by atoms with E-state index in [1.165, 1.54) is 12.8 Å². The maximum atomic E-state index is 6.36. The summed E-state index contributed by atoms with van der Waals surface area (Å²) in [4.78, 5) is 4.22. The van der Waals surface area contributed by atoms with Crippen LogP contribution >= 0.6 is 11.6 Å². The highest BCUT2D eigenvalue weighted by Crippen LogP contribution is 2.27. The molecule has 4 heteroatoms. The predicted octanol–water partition coefficient (Wildman–Crippen LogP) is 3.66. The number of aromatic nitrogens is 1. The molecule has 0 amide bonds. The van der Waals surface area contributed by atoms with Crippen LogP contribution in [0.2, 0.25) is 5.02 Å². The van der Waals surface area contributed by atoms with Crippen molar-refractivity contribution in [2.75, 3.05) is 7.11 Å². The topological polar surface area (TPSA) is 34.1 Å². The summed E-state index contributed by atoms with van der Waals surface area (Å²) in [5, 5.41) is 4.27. The van der Waals surface area contributed by atoms with E-state index in [2.05, 4.69) is 22.4 Å². The summed E-state index contributed by atoms with van der Waals surface area (Å²) in [6.45, 7) is 0.838. The van der Waals surface area contributed by atoms with Gasteiger partial charge in [0.25, 0.3) is 0 Å². The van der Waals surface area contributed by atoms with Crippen molar-refractivity contribution in [2.24, 2.45) is 0 Å². The lowest BCUT2D eigenvalue weighted by Crippen LogP contribution is -2.15. The van der Waals surface area contributed by atoms with Crippen molar-refractivity contribution < 1.29 is 4.74 Å². The van der Waals surface area contributed by atoms with Crippen LogP contribution in [-0.2, 0) is 6.54 Å². The van der Waals surface area contributed by atoms with E-state index in [0.717, 1.165) is 28.3 Å². The minimum Gasteiger partial charge on any atom is -0.481 e. The highest BCUT2D eigenvalue weighted by Gasteiger charge is 2.20. The first-order valence-corrected chi connectivity index (χ1v) is 7.16. The van der Waals surface area contributed by atoms with Gasteiger partial charge in [-0.2, -0.15) is 0 Å². The molecule has 1 aromatic heterocycles. The van der Waals surface area contributed by atoms with Gasteiger partial charge in [0.15, 0.2) is 0 Å². The molecule has 1 fully saturated rings. The fourth-order valence-corrected chi connectivity index (χ4v) is 2.33. The maximum absolute atomic E-state index is 6.36. The van der Waals surface area contributed by atoms with E-state index in [1.54, 1.807) is 13.3 Å². The Hall–Kier alpha value is -1.58. The molecular formula is C16H17ClN2O. The van der Waals surface area contributed by atoms with Crippen LogP contribution < -0.4 is 10.1 Å². The van der Waals surface area contributed by atoms with Crippen LogP contribution in [0, 0.1) is 0 Å². The number of halogens is 1. The second-order valence-electron chi connectivity index (χ2n) is 5.05. The van der Waals surface area contributed by atoms with Gasteiger partial charge in [-0.1, -0.05) is 23.7 Å². The Labute approximate surface area is 123 Å². The number of benzene rings is 1. The first kappa shape index (κ1) is 13.4. The van der Waals surface area contributed by atoms with E-state index >= 15 is 0 Å². The first-order valence-electron chi connectivity index (χ1n) is 6.78. The minimum atomic E-state index is 0.616. The van der Waals surface area contributed by atoms with Crippen molar-refractivity contribution in [1.29, 1.82) is 0 Å². The third kappa shape index (κ3) is 3.11. The molecule has 1 N–H and O–H groups in total. The summed E-state index contributed by atoms with van der Waals surface area (Å²) < 4.78 is 5.06. The van der Waals surface area contributed by atoms with Crippen molar-refractivity contribution in [2.45, 2.75) is 25.4 Å². The fourth-order valence-electron chi connectivity index (χ4n) is 2.08. The number of ether oxygens (including phenoxy) is 1. The Morgan fingerprint density at radius 2 is 2.05 bits per heavy atom. The maximum Gasteiger partial charge on any atom is 0.212 e. The van der Waals surface area contributed by atoms with Crippen LogP contribution in [-0.4, -0.2) is 18.1 Å². The summed E-state index contributed by atoms with van der Waals surface area (Å²) in [6, 6.07) is 10.7. The summed E-state index contributed by atoms with van der Waals surface area (Å²) in [6.07, 6.45) is 4.37. The zero-order valence-corrected chi connectivity index (χ0v) is 12.2. The van der Waals surface area contributed by atoms with Gasteiger partial charge in [0.05, 0.1) is 7.11 Å². The van der Waals surface area contributed by atoms with Gasteiger partial charge >= 0.3 is 0 Å². The van der Waals surface area contributed by atoms with Gasteiger partial charge < -0.3 is 10.1 Å². The zero-order valence-electron chi connectivity index (χ0n) is 11.4. The van der Waals surface area contributed by atoms with Crippen LogP contribution in [0.3, 0.4) is 0 Å². The number of hydrogen-bond acceptors (Lipinski definition) is 3. The van der Waals surface area contributed by atoms with Gasteiger partial charge in [-0.25, -0.2) is 4.98 Å². The molecule has 0 spiro atoms. The van der Waals surface area contributed by atoms with Crippen LogP contribution in [0.25, 0.3) is 11.1 Å². The number of nitrogens with zero attached hydrogens (tertiary/aromatic N) is 1. The second-order valence-corrected chi connectivity index (χ2v) is 5.46. The van der Waals surface area contributed by atoms with Gasteiger partial charge in [-0.3, -0.25) is 0 Å². The third-order valence-corrected chi connectivity index (χ3v) is 3.84. The lowest BCUT2D eigenvalue weighted by molar-refractivity contribution is 0.398. The molecule has 0 aliphatic heterocycles. The van der Waals surface area contributed by atoms with Gasteiger partial charge in [-0.05, 0) is 36.1 Å². The third-order valence-electron chi connectivity index (χ3n) is 3.49. The fraction of sp³-hybridized carbons (Fsp3) is 0.312. The molecule has 1 aliphatic rings. The quantitative estimate of drug-likeness (QED) is 0.912. The van der Waals surface area contributed by atoms with E-state index in [9.17, 15) is 0 Å². The molecule has 0 bridgehead atoms. The molecule has 2 aromatic rings. The first-order chi connectivity index (χ1) is 9.76. The van der Waals surface area contributed by atoms with Crippen molar-refractivity contribution in [3.05, 3.63) is 47.1 Å². The molecular weight excluding hydrogens is 272 g/mol. The molecule has 0 unspecified atom stereocenters. The second kappa shape index (κ2) is 5.81. The number of pyridine rings is 1. The number of hydrogen-bond donors (Lipinski definition) is 1. The summed E-state index contributed by atoms with van der Waals surface area (Å²) >= 11 is 6.36. The Morgan fingerprint density at radius 3 is 2.65 bits per heavy atom. The Kier molecular flexibility index (Phi) is 3.90. The van der Waals surface area contributed by atoms with Crippen LogP contribution in [0.5, 0.6) is 5.88 Å². The number of methoxy groups -OCH3 is 1. The van der Waals surface area contributed by atoms with Crippen molar-refractivity contribution >= 4 is 11.6 Å². The molecule has 0 atom stereocenters. The predicted molar refractivity (Wildman–Crippen MR) is 81.1 cm³/mol. The van der Waals surface area contributed by atoms with E-state index < -0.39 is 0 Å². The van der Waals surface area contributed by atoms with E-state index in [4.69, 9.17) is 16.3 Å². The molecule has 1 aliphatic carbocycles.